The molecule has 2 aromatic carbocycles. The van der Waals surface area contributed by atoms with E-state index in [-0.39, 0.29) is 46.8 Å². The molecular weight excluding hydrogens is 563 g/mol. The summed E-state index contributed by atoms with van der Waals surface area (Å²) < 4.78 is 11.5. The lowest BCUT2D eigenvalue weighted by molar-refractivity contribution is -0.939. The molecule has 0 spiro atoms. The van der Waals surface area contributed by atoms with Crippen LogP contribution in [0.5, 0.6) is 11.5 Å². The number of hydrogen-bond donors (Lipinski definition) is 3. The van der Waals surface area contributed by atoms with Crippen molar-refractivity contribution in [2.75, 3.05) is 45.8 Å². The van der Waals surface area contributed by atoms with Crippen molar-refractivity contribution >= 4 is 29.1 Å². The summed E-state index contributed by atoms with van der Waals surface area (Å²) >= 11 is 6.01. The molecule has 1 amide bonds. The smallest absolute Gasteiger partial charge is 0.274 e. The van der Waals surface area contributed by atoms with Gasteiger partial charge in [-0.15, -0.1) is 0 Å². The van der Waals surface area contributed by atoms with Crippen molar-refractivity contribution in [1.29, 1.82) is 0 Å². The summed E-state index contributed by atoms with van der Waals surface area (Å²) in [6, 6.07) is 17.0. The zero-order chi connectivity index (χ0) is 28.7. The molecule has 1 aliphatic heterocycles. The lowest BCUT2D eigenvalue weighted by atomic mass is 9.92. The predicted molar refractivity (Wildman–Crippen MR) is 159 cm³/mol. The second-order valence-corrected chi connectivity index (χ2v) is 11.1. The van der Waals surface area contributed by atoms with Crippen LogP contribution in [0.2, 0.25) is 5.15 Å². The number of likely N-dealkylation sites (N-methyl/N-ethyl adjacent to an activating group) is 1. The average Bonchev–Trinajstić information content (AvgIpc) is 2.95. The van der Waals surface area contributed by atoms with E-state index in [1.54, 1.807) is 14.2 Å². The Labute approximate surface area is 253 Å². The van der Waals surface area contributed by atoms with Crippen LogP contribution in [0.3, 0.4) is 0 Å². The number of carbonyl (C=O) groups is 1. The molecule has 1 fully saturated rings. The first kappa shape index (κ1) is 32.2. The maximum absolute atomic E-state index is 13.1. The summed E-state index contributed by atoms with van der Waals surface area (Å²) in [6.07, 6.45) is 5.90. The second-order valence-electron chi connectivity index (χ2n) is 10.8. The number of nitrogens with zero attached hydrogens (tertiary/aromatic N) is 3. The van der Waals surface area contributed by atoms with Crippen LogP contribution >= 0.6 is 11.6 Å². The van der Waals surface area contributed by atoms with Gasteiger partial charge in [0.15, 0.2) is 22.5 Å². The van der Waals surface area contributed by atoms with Gasteiger partial charge < -0.3 is 43.1 Å². The van der Waals surface area contributed by atoms with E-state index in [4.69, 9.17) is 32.5 Å². The Morgan fingerprint density at radius 2 is 1.51 bits per heavy atom. The summed E-state index contributed by atoms with van der Waals surface area (Å²) in [7, 11) is 5.69. The van der Waals surface area contributed by atoms with E-state index >= 15 is 0 Å². The number of aromatic nitrogens is 2. The molecule has 41 heavy (non-hydrogen) atoms. The summed E-state index contributed by atoms with van der Waals surface area (Å²) in [4.78, 5) is 21.1. The number of halogens is 2. The Hall–Kier alpha value is -3.27. The van der Waals surface area contributed by atoms with Crippen LogP contribution in [0, 0.1) is 0 Å². The zero-order valence-electron chi connectivity index (χ0n) is 23.9. The second kappa shape index (κ2) is 14.6. The first-order valence-electron chi connectivity index (χ1n) is 13.7. The van der Waals surface area contributed by atoms with Crippen LogP contribution in [0.1, 0.15) is 47.3 Å². The molecule has 0 aliphatic carbocycles. The number of methoxy groups -OCH3 is 2. The van der Waals surface area contributed by atoms with Crippen LogP contribution < -0.4 is 38.7 Å². The SMILES string of the molecule is COc1ccc(CCC(CCc2ccc(OC)cc2)[N@@+]2(C)CCCC(NC(=O)c3nc(Cl)c(N)nc3N)C2)cc1.[Cl-]. The van der Waals surface area contributed by atoms with E-state index in [1.807, 2.05) is 24.3 Å². The number of nitrogens with one attached hydrogen (secondary N) is 1. The zero-order valence-corrected chi connectivity index (χ0v) is 25.4. The Morgan fingerprint density at radius 1 is 0.976 bits per heavy atom. The number of aryl methyl sites for hydroxylation is 2. The molecule has 2 heterocycles. The summed E-state index contributed by atoms with van der Waals surface area (Å²) in [5.41, 5.74) is 14.2. The van der Waals surface area contributed by atoms with Gasteiger partial charge in [-0.2, -0.15) is 0 Å². The standard InChI is InChI=1S/C30H39ClN6O3.ClH/c1-37(18-4-5-22(19-37)34-30(38)26-28(32)36-29(33)27(31)35-26)23(12-6-20-8-14-24(39-2)15-9-20)13-7-21-10-16-25(40-3)17-11-21;/h8-11,14-17,22-23H,4-7,12-13,18-19H2,1-3H3,(H4-,32,33,34,36,38);1H/t22?,37-;/m0./s1. The van der Waals surface area contributed by atoms with Gasteiger partial charge in [-0.25, -0.2) is 9.97 Å². The number of piperidine rings is 1. The highest BCUT2D eigenvalue weighted by atomic mass is 35.5. The maximum Gasteiger partial charge on any atom is 0.274 e. The van der Waals surface area contributed by atoms with Crippen LogP contribution in [0.25, 0.3) is 0 Å². The number of quaternary nitrogens is 1. The molecule has 1 aliphatic rings. The highest BCUT2D eigenvalue weighted by Crippen LogP contribution is 2.28. The van der Waals surface area contributed by atoms with Crippen LogP contribution in [0.15, 0.2) is 48.5 Å². The molecule has 0 radical (unpaired) electrons. The van der Waals surface area contributed by atoms with Crippen molar-refractivity contribution in [2.45, 2.75) is 50.6 Å². The minimum absolute atomic E-state index is 0. The van der Waals surface area contributed by atoms with Crippen LogP contribution in [0.4, 0.5) is 11.6 Å². The fraction of sp³-hybridized carbons (Fsp3) is 0.433. The topological polar surface area (TPSA) is 125 Å². The number of rotatable bonds is 11. The molecule has 1 saturated heterocycles. The van der Waals surface area contributed by atoms with E-state index in [2.05, 4.69) is 46.6 Å². The Bertz CT molecular complexity index is 1240. The third-order valence-corrected chi connectivity index (χ3v) is 8.32. The van der Waals surface area contributed by atoms with Gasteiger partial charge in [-0.05, 0) is 61.1 Å². The van der Waals surface area contributed by atoms with Crippen molar-refractivity contribution in [3.8, 4) is 11.5 Å². The normalized spacial score (nSPS) is 18.4. The van der Waals surface area contributed by atoms with Gasteiger partial charge in [0.1, 0.15) is 11.5 Å². The van der Waals surface area contributed by atoms with E-state index in [1.165, 1.54) is 11.1 Å². The predicted octanol–water partition coefficient (Wildman–Crippen LogP) is 1.29. The van der Waals surface area contributed by atoms with Crippen molar-refractivity contribution in [3.63, 3.8) is 0 Å². The molecule has 9 nitrogen and oxygen atoms in total. The van der Waals surface area contributed by atoms with Gasteiger partial charge in [-0.1, -0.05) is 35.9 Å². The number of nitrogens with two attached hydrogens (primary N) is 2. The fourth-order valence-electron chi connectivity index (χ4n) is 5.72. The van der Waals surface area contributed by atoms with Crippen molar-refractivity contribution in [2.24, 2.45) is 0 Å². The van der Waals surface area contributed by atoms with Crippen LogP contribution in [-0.4, -0.2) is 66.8 Å². The van der Waals surface area contributed by atoms with Crippen molar-refractivity contribution in [1.82, 2.24) is 15.3 Å². The fourth-order valence-corrected chi connectivity index (χ4v) is 5.84. The van der Waals surface area contributed by atoms with Gasteiger partial charge in [0, 0.05) is 12.8 Å². The number of anilines is 2. The molecule has 11 heteroatoms. The van der Waals surface area contributed by atoms with E-state index in [0.717, 1.165) is 67.6 Å². The molecular formula is C30H40Cl2N6O3. The van der Waals surface area contributed by atoms with Gasteiger partial charge in [-0.3, -0.25) is 4.79 Å². The number of benzene rings is 2. The Balaban J connectivity index is 0.00000462. The van der Waals surface area contributed by atoms with E-state index in [0.29, 0.717) is 6.04 Å². The molecule has 1 aromatic heterocycles. The molecule has 5 N–H and O–H groups in total. The van der Waals surface area contributed by atoms with E-state index < -0.39 is 0 Å². The first-order chi connectivity index (χ1) is 19.2. The Morgan fingerprint density at radius 3 is 2.02 bits per heavy atom. The monoisotopic (exact) mass is 602 g/mol. The largest absolute Gasteiger partial charge is 1.00 e. The highest BCUT2D eigenvalue weighted by Gasteiger charge is 2.38. The third-order valence-electron chi connectivity index (χ3n) is 8.05. The number of amides is 1. The van der Waals surface area contributed by atoms with Crippen molar-refractivity contribution in [3.05, 3.63) is 70.5 Å². The third kappa shape index (κ3) is 8.38. The number of ether oxygens (including phenoxy) is 2. The van der Waals surface area contributed by atoms with E-state index in [9.17, 15) is 4.79 Å². The molecule has 0 saturated carbocycles. The number of nitrogen functional groups attached to an aromatic ring is 2. The maximum atomic E-state index is 13.1. The minimum atomic E-state index is -0.377. The summed E-state index contributed by atoms with van der Waals surface area (Å²) in [5, 5.41) is 3.11. The number of likely N-dealkylation sites (tertiary alicyclic amines) is 1. The highest BCUT2D eigenvalue weighted by molar-refractivity contribution is 6.31. The number of carbonyl (C=O) groups excluding carboxylic acids is 1. The minimum Gasteiger partial charge on any atom is -1.00 e. The summed E-state index contributed by atoms with van der Waals surface area (Å²) in [6.45, 7) is 1.87. The quantitative estimate of drug-likeness (QED) is 0.282. The van der Waals surface area contributed by atoms with Gasteiger partial charge in [0.05, 0.1) is 46.4 Å². The molecule has 2 atom stereocenters. The average molecular weight is 604 g/mol. The molecule has 222 valence electrons. The van der Waals surface area contributed by atoms with Crippen molar-refractivity contribution < 1.29 is 31.2 Å². The van der Waals surface area contributed by atoms with Crippen LogP contribution in [-0.2, 0) is 12.8 Å². The summed E-state index contributed by atoms with van der Waals surface area (Å²) in [5.74, 6) is 1.33. The Kier molecular flexibility index (Phi) is 11.5. The number of hydrogen-bond acceptors (Lipinski definition) is 7. The van der Waals surface area contributed by atoms with Gasteiger partial charge in [0.2, 0.25) is 0 Å². The lowest BCUT2D eigenvalue weighted by Crippen LogP contribution is -3.00. The molecule has 3 aromatic rings. The molecule has 4 rings (SSSR count). The molecule has 1 unspecified atom stereocenters. The van der Waals surface area contributed by atoms with Gasteiger partial charge >= 0.3 is 0 Å². The lowest BCUT2D eigenvalue weighted by Gasteiger charge is -2.47. The molecule has 0 bridgehead atoms. The van der Waals surface area contributed by atoms with Gasteiger partial charge in [0.25, 0.3) is 5.91 Å². The first-order valence-corrected chi connectivity index (χ1v) is 14.1.